The molecule has 0 spiro atoms. The molecule has 0 fully saturated rings. The summed E-state index contributed by atoms with van der Waals surface area (Å²) in [6.07, 6.45) is 9.79. The van der Waals surface area contributed by atoms with Gasteiger partial charge in [-0.3, -0.25) is 0 Å². The topological polar surface area (TPSA) is 13.1 Å². The predicted molar refractivity (Wildman–Crippen MR) is 49.1 cm³/mol. The summed E-state index contributed by atoms with van der Waals surface area (Å²) < 4.78 is 5.21. The molecule has 1 aromatic rings. The Hall–Kier alpha value is -0.950. The van der Waals surface area contributed by atoms with E-state index < -0.39 is 0 Å². The molecule has 1 aliphatic carbocycles. The van der Waals surface area contributed by atoms with Gasteiger partial charge in [0.1, 0.15) is 11.1 Å². The van der Waals surface area contributed by atoms with Crippen molar-refractivity contribution in [3.05, 3.63) is 48.5 Å². The number of hydrogen-bond acceptors (Lipinski definition) is 1. The fraction of sp³-hybridized carbons (Fsp3) is 0.200. The van der Waals surface area contributed by atoms with Crippen molar-refractivity contribution in [3.8, 4) is 0 Å². The minimum Gasteiger partial charge on any atom is -0.468 e. The summed E-state index contributed by atoms with van der Waals surface area (Å²) in [6, 6.07) is 3.75. The molecule has 12 heavy (non-hydrogen) atoms. The number of halogens is 1. The van der Waals surface area contributed by atoms with Gasteiger partial charge in [-0.05, 0) is 12.1 Å². The van der Waals surface area contributed by atoms with Gasteiger partial charge in [-0.1, -0.05) is 24.3 Å². The Morgan fingerprint density at radius 3 is 2.67 bits per heavy atom. The third-order valence-electron chi connectivity index (χ3n) is 1.93. The van der Waals surface area contributed by atoms with Crippen LogP contribution >= 0.6 is 11.6 Å². The number of hydrogen-bond donors (Lipinski definition) is 0. The first-order valence-electron chi connectivity index (χ1n) is 3.90. The Labute approximate surface area is 76.3 Å². The molecule has 2 rings (SSSR count). The van der Waals surface area contributed by atoms with E-state index in [-0.39, 0.29) is 11.3 Å². The lowest BCUT2D eigenvalue weighted by atomic mass is 10.1. The van der Waals surface area contributed by atoms with Crippen LogP contribution in [0.5, 0.6) is 0 Å². The molecular weight excluding hydrogens is 172 g/mol. The molecule has 1 unspecified atom stereocenters. The van der Waals surface area contributed by atoms with Crippen LogP contribution in [0.2, 0.25) is 0 Å². The molecule has 1 aromatic heterocycles. The highest BCUT2D eigenvalue weighted by molar-refractivity contribution is 6.21. The summed E-state index contributed by atoms with van der Waals surface area (Å²) >= 11 is 6.16. The zero-order valence-electron chi connectivity index (χ0n) is 6.48. The van der Waals surface area contributed by atoms with Gasteiger partial charge in [0.05, 0.1) is 6.26 Å². The molecule has 0 aromatic carbocycles. The fourth-order valence-corrected chi connectivity index (χ4v) is 1.57. The predicted octanol–water partition coefficient (Wildman–Crippen LogP) is 3.30. The van der Waals surface area contributed by atoms with Gasteiger partial charge in [0.25, 0.3) is 0 Å². The fourth-order valence-electron chi connectivity index (χ4n) is 1.28. The third-order valence-corrected chi connectivity index (χ3v) is 2.44. The van der Waals surface area contributed by atoms with Crippen molar-refractivity contribution < 1.29 is 4.42 Å². The molecule has 0 N–H and O–H groups in total. The Bertz CT molecular complexity index is 286. The molecule has 0 radical (unpaired) electrons. The Kier molecular flexibility index (Phi) is 2.05. The van der Waals surface area contributed by atoms with E-state index in [0.29, 0.717) is 0 Å². The van der Waals surface area contributed by atoms with Gasteiger partial charge < -0.3 is 4.42 Å². The molecule has 1 aliphatic rings. The van der Waals surface area contributed by atoms with E-state index in [0.717, 1.165) is 5.76 Å². The van der Waals surface area contributed by atoms with Crippen molar-refractivity contribution in [2.75, 3.05) is 0 Å². The summed E-state index contributed by atoms with van der Waals surface area (Å²) in [6.45, 7) is 0. The van der Waals surface area contributed by atoms with Crippen molar-refractivity contribution >= 4 is 11.6 Å². The largest absolute Gasteiger partial charge is 0.468 e. The molecule has 1 heterocycles. The van der Waals surface area contributed by atoms with E-state index >= 15 is 0 Å². The highest BCUT2D eigenvalue weighted by atomic mass is 35.5. The second-order valence-electron chi connectivity index (χ2n) is 2.76. The first kappa shape index (κ1) is 7.69. The lowest BCUT2D eigenvalue weighted by Crippen LogP contribution is -1.98. The van der Waals surface area contributed by atoms with Gasteiger partial charge >= 0.3 is 0 Å². The third kappa shape index (κ3) is 1.32. The van der Waals surface area contributed by atoms with Gasteiger partial charge in [-0.15, -0.1) is 11.6 Å². The molecule has 0 aliphatic heterocycles. The van der Waals surface area contributed by atoms with E-state index in [2.05, 4.69) is 12.2 Å². The molecule has 62 valence electrons. The second kappa shape index (κ2) is 3.20. The smallest absolute Gasteiger partial charge is 0.122 e. The molecule has 1 atom stereocenters. The number of rotatable bonds is 2. The highest BCUT2D eigenvalue weighted by Crippen LogP contribution is 2.32. The molecule has 2 heteroatoms. The highest BCUT2D eigenvalue weighted by Gasteiger charge is 2.19. The quantitative estimate of drug-likeness (QED) is 0.637. The molecule has 0 saturated carbocycles. The Balaban J connectivity index is 2.15. The van der Waals surface area contributed by atoms with Gasteiger partial charge in [0.15, 0.2) is 0 Å². The van der Waals surface area contributed by atoms with Crippen LogP contribution in [0.3, 0.4) is 0 Å². The zero-order valence-corrected chi connectivity index (χ0v) is 7.24. The van der Waals surface area contributed by atoms with Crippen molar-refractivity contribution in [3.63, 3.8) is 0 Å². The summed E-state index contributed by atoms with van der Waals surface area (Å²) in [5.41, 5.74) is 0. The maximum absolute atomic E-state index is 6.16. The lowest BCUT2D eigenvalue weighted by Gasteiger charge is -2.09. The molecular formula is C10H9ClO. The monoisotopic (exact) mass is 180 g/mol. The van der Waals surface area contributed by atoms with Gasteiger partial charge in [-0.2, -0.15) is 0 Å². The minimum atomic E-state index is -0.0741. The van der Waals surface area contributed by atoms with Crippen LogP contribution < -0.4 is 0 Å². The first-order chi connectivity index (χ1) is 5.88. The molecule has 0 amide bonds. The standard InChI is InChI=1S/C10H9ClO/c11-10(8-4-1-2-5-8)9-6-3-7-12-9/h1-8,10H. The van der Waals surface area contributed by atoms with Gasteiger partial charge in [-0.25, -0.2) is 0 Å². The van der Waals surface area contributed by atoms with Crippen LogP contribution in [-0.4, -0.2) is 0 Å². The second-order valence-corrected chi connectivity index (χ2v) is 3.23. The SMILES string of the molecule is ClC(c1ccco1)C1C=CC=C1. The number of furan rings is 1. The van der Waals surface area contributed by atoms with Crippen LogP contribution in [0.1, 0.15) is 11.1 Å². The first-order valence-corrected chi connectivity index (χ1v) is 4.34. The summed E-state index contributed by atoms with van der Waals surface area (Å²) in [4.78, 5) is 0. The maximum atomic E-state index is 6.16. The van der Waals surface area contributed by atoms with Crippen LogP contribution in [-0.2, 0) is 0 Å². The summed E-state index contributed by atoms with van der Waals surface area (Å²) in [5.74, 6) is 1.11. The number of allylic oxidation sites excluding steroid dienone is 4. The average Bonchev–Trinajstić information content (AvgIpc) is 2.77. The van der Waals surface area contributed by atoms with E-state index in [9.17, 15) is 0 Å². The number of alkyl halides is 1. The van der Waals surface area contributed by atoms with Crippen LogP contribution in [0.4, 0.5) is 0 Å². The lowest BCUT2D eigenvalue weighted by molar-refractivity contribution is 0.488. The van der Waals surface area contributed by atoms with Crippen LogP contribution in [0.15, 0.2) is 47.1 Å². The summed E-state index contributed by atoms with van der Waals surface area (Å²) in [7, 11) is 0. The van der Waals surface area contributed by atoms with E-state index in [1.807, 2.05) is 24.3 Å². The van der Waals surface area contributed by atoms with Crippen molar-refractivity contribution in [2.45, 2.75) is 5.38 Å². The van der Waals surface area contributed by atoms with Gasteiger partial charge in [0, 0.05) is 5.92 Å². The van der Waals surface area contributed by atoms with Crippen molar-refractivity contribution in [1.82, 2.24) is 0 Å². The van der Waals surface area contributed by atoms with E-state index in [1.165, 1.54) is 0 Å². The molecule has 1 nitrogen and oxygen atoms in total. The maximum Gasteiger partial charge on any atom is 0.122 e. The van der Waals surface area contributed by atoms with Crippen LogP contribution in [0.25, 0.3) is 0 Å². The average molecular weight is 181 g/mol. The van der Waals surface area contributed by atoms with E-state index in [4.69, 9.17) is 16.0 Å². The minimum absolute atomic E-state index is 0.0741. The van der Waals surface area contributed by atoms with E-state index in [1.54, 1.807) is 6.26 Å². The summed E-state index contributed by atoms with van der Waals surface area (Å²) in [5, 5.41) is -0.0741. The normalized spacial score (nSPS) is 18.8. The van der Waals surface area contributed by atoms with Crippen LogP contribution in [0, 0.1) is 5.92 Å². The Morgan fingerprint density at radius 2 is 2.08 bits per heavy atom. The van der Waals surface area contributed by atoms with Crippen molar-refractivity contribution in [2.24, 2.45) is 5.92 Å². The zero-order chi connectivity index (χ0) is 8.39. The van der Waals surface area contributed by atoms with Gasteiger partial charge in [0.2, 0.25) is 0 Å². The molecule has 0 bridgehead atoms. The van der Waals surface area contributed by atoms with Crippen molar-refractivity contribution in [1.29, 1.82) is 0 Å². The Morgan fingerprint density at radius 1 is 1.33 bits per heavy atom. The molecule has 0 saturated heterocycles.